The average molecular weight is 305 g/mol. The summed E-state index contributed by atoms with van der Waals surface area (Å²) in [6, 6.07) is 11.3. The second-order valence-corrected chi connectivity index (χ2v) is 4.45. The predicted molar refractivity (Wildman–Crippen MR) is 79.6 cm³/mol. The van der Waals surface area contributed by atoms with Crippen LogP contribution in [0.3, 0.4) is 0 Å². The highest BCUT2D eigenvalue weighted by atomic mass is 35.5. The van der Waals surface area contributed by atoms with E-state index < -0.39 is 11.9 Å². The SMILES string of the molecule is CCOC(=O)c1ccccc1NC(=O)c1cccc(Cl)n1. The van der Waals surface area contributed by atoms with Gasteiger partial charge < -0.3 is 10.1 Å². The summed E-state index contributed by atoms with van der Waals surface area (Å²) in [6.45, 7) is 1.98. The number of hydrogen-bond acceptors (Lipinski definition) is 4. The van der Waals surface area contributed by atoms with Crippen molar-refractivity contribution in [3.8, 4) is 0 Å². The lowest BCUT2D eigenvalue weighted by Gasteiger charge is -2.10. The molecule has 1 heterocycles. The second-order valence-electron chi connectivity index (χ2n) is 4.07. The molecule has 0 aliphatic heterocycles. The topological polar surface area (TPSA) is 68.3 Å². The molecule has 0 saturated carbocycles. The van der Waals surface area contributed by atoms with Gasteiger partial charge in [-0.05, 0) is 31.2 Å². The zero-order valence-electron chi connectivity index (χ0n) is 11.3. The molecule has 108 valence electrons. The molecule has 1 aromatic carbocycles. The van der Waals surface area contributed by atoms with Crippen molar-refractivity contribution in [2.75, 3.05) is 11.9 Å². The summed E-state index contributed by atoms with van der Waals surface area (Å²) < 4.78 is 4.95. The average Bonchev–Trinajstić information content (AvgIpc) is 2.48. The Balaban J connectivity index is 2.23. The third-order valence-corrected chi connectivity index (χ3v) is 2.83. The lowest BCUT2D eigenvalue weighted by molar-refractivity contribution is 0.0527. The van der Waals surface area contributed by atoms with E-state index in [1.54, 1.807) is 43.3 Å². The first kappa shape index (κ1) is 15.0. The number of nitrogens with one attached hydrogen (secondary N) is 1. The quantitative estimate of drug-likeness (QED) is 0.696. The van der Waals surface area contributed by atoms with Gasteiger partial charge in [-0.2, -0.15) is 0 Å². The molecule has 6 heteroatoms. The van der Waals surface area contributed by atoms with Crippen LogP contribution in [0.1, 0.15) is 27.8 Å². The maximum Gasteiger partial charge on any atom is 0.340 e. The Morgan fingerprint density at radius 2 is 1.95 bits per heavy atom. The maximum absolute atomic E-state index is 12.1. The number of nitrogens with zero attached hydrogens (tertiary/aromatic N) is 1. The minimum atomic E-state index is -0.493. The van der Waals surface area contributed by atoms with Gasteiger partial charge in [0, 0.05) is 0 Å². The molecule has 1 aromatic heterocycles. The smallest absolute Gasteiger partial charge is 0.340 e. The van der Waals surface area contributed by atoms with Crippen LogP contribution < -0.4 is 5.32 Å². The highest BCUT2D eigenvalue weighted by Crippen LogP contribution is 2.17. The van der Waals surface area contributed by atoms with Crippen LogP contribution in [0.2, 0.25) is 5.15 Å². The van der Waals surface area contributed by atoms with Crippen molar-refractivity contribution in [1.29, 1.82) is 0 Å². The Labute approximate surface area is 126 Å². The van der Waals surface area contributed by atoms with Gasteiger partial charge in [0.25, 0.3) is 5.91 Å². The standard InChI is InChI=1S/C15H13ClN2O3/c1-2-21-15(20)10-6-3-4-7-11(10)18-14(19)12-8-5-9-13(16)17-12/h3-9H,2H2,1H3,(H,18,19). The Morgan fingerprint density at radius 3 is 2.67 bits per heavy atom. The minimum Gasteiger partial charge on any atom is -0.462 e. The molecule has 5 nitrogen and oxygen atoms in total. The van der Waals surface area contributed by atoms with Gasteiger partial charge in [-0.1, -0.05) is 29.8 Å². The molecular formula is C15H13ClN2O3. The van der Waals surface area contributed by atoms with Crippen molar-refractivity contribution in [2.45, 2.75) is 6.92 Å². The summed E-state index contributed by atoms with van der Waals surface area (Å²) in [6.07, 6.45) is 0. The molecule has 0 spiro atoms. The van der Waals surface area contributed by atoms with Crippen molar-refractivity contribution in [3.63, 3.8) is 0 Å². The molecule has 0 aliphatic rings. The molecular weight excluding hydrogens is 292 g/mol. The van der Waals surface area contributed by atoms with E-state index in [2.05, 4.69) is 10.3 Å². The van der Waals surface area contributed by atoms with Gasteiger partial charge in [-0.15, -0.1) is 0 Å². The molecule has 21 heavy (non-hydrogen) atoms. The van der Waals surface area contributed by atoms with E-state index in [-0.39, 0.29) is 23.0 Å². The van der Waals surface area contributed by atoms with Gasteiger partial charge in [-0.3, -0.25) is 4.79 Å². The first-order valence-electron chi connectivity index (χ1n) is 6.32. The number of para-hydroxylation sites is 1. The van der Waals surface area contributed by atoms with Gasteiger partial charge in [0.2, 0.25) is 0 Å². The lowest BCUT2D eigenvalue weighted by atomic mass is 10.1. The van der Waals surface area contributed by atoms with E-state index in [0.717, 1.165) is 0 Å². The minimum absolute atomic E-state index is 0.168. The van der Waals surface area contributed by atoms with Crippen LogP contribution in [0, 0.1) is 0 Å². The third-order valence-electron chi connectivity index (χ3n) is 2.62. The van der Waals surface area contributed by atoms with Crippen LogP contribution in [-0.4, -0.2) is 23.5 Å². The molecule has 0 bridgehead atoms. The molecule has 0 aliphatic carbocycles. The summed E-state index contributed by atoms with van der Waals surface area (Å²) in [5, 5.41) is 2.86. The molecule has 1 N–H and O–H groups in total. The normalized spacial score (nSPS) is 10.0. The van der Waals surface area contributed by atoms with Crippen LogP contribution in [0.5, 0.6) is 0 Å². The number of rotatable bonds is 4. The number of halogens is 1. The first-order chi connectivity index (χ1) is 10.1. The zero-order chi connectivity index (χ0) is 15.2. The monoisotopic (exact) mass is 304 g/mol. The van der Waals surface area contributed by atoms with Crippen molar-refractivity contribution in [2.24, 2.45) is 0 Å². The summed E-state index contributed by atoms with van der Waals surface area (Å²) in [7, 11) is 0. The number of aromatic nitrogens is 1. The molecule has 2 aromatic rings. The molecule has 1 amide bonds. The van der Waals surface area contributed by atoms with E-state index in [1.165, 1.54) is 6.07 Å². The Bertz CT molecular complexity index is 673. The van der Waals surface area contributed by atoms with Crippen LogP contribution in [-0.2, 0) is 4.74 Å². The number of carbonyl (C=O) groups is 2. The van der Waals surface area contributed by atoms with E-state index >= 15 is 0 Å². The number of esters is 1. The van der Waals surface area contributed by atoms with Crippen molar-refractivity contribution in [3.05, 3.63) is 58.9 Å². The molecule has 0 fully saturated rings. The number of hydrogen-bond donors (Lipinski definition) is 1. The number of amides is 1. The summed E-state index contributed by atoms with van der Waals surface area (Å²) in [5.41, 5.74) is 0.818. The van der Waals surface area contributed by atoms with E-state index in [9.17, 15) is 9.59 Å². The third kappa shape index (κ3) is 3.79. The fourth-order valence-corrected chi connectivity index (χ4v) is 1.86. The molecule has 0 atom stereocenters. The highest BCUT2D eigenvalue weighted by molar-refractivity contribution is 6.29. The van der Waals surface area contributed by atoms with E-state index in [1.807, 2.05) is 0 Å². The first-order valence-corrected chi connectivity index (χ1v) is 6.69. The number of pyridine rings is 1. The van der Waals surface area contributed by atoms with E-state index in [4.69, 9.17) is 16.3 Å². The van der Waals surface area contributed by atoms with Gasteiger partial charge in [0.1, 0.15) is 10.8 Å². The van der Waals surface area contributed by atoms with Crippen molar-refractivity contribution < 1.29 is 14.3 Å². The number of carbonyl (C=O) groups excluding carboxylic acids is 2. The van der Waals surface area contributed by atoms with E-state index in [0.29, 0.717) is 5.69 Å². The maximum atomic E-state index is 12.1. The van der Waals surface area contributed by atoms with Crippen LogP contribution in [0.15, 0.2) is 42.5 Å². The highest BCUT2D eigenvalue weighted by Gasteiger charge is 2.15. The van der Waals surface area contributed by atoms with Crippen LogP contribution in [0.4, 0.5) is 5.69 Å². The molecule has 0 saturated heterocycles. The molecule has 0 unspecified atom stereocenters. The second kappa shape index (κ2) is 6.85. The Hall–Kier alpha value is -2.40. The van der Waals surface area contributed by atoms with Crippen molar-refractivity contribution >= 4 is 29.2 Å². The lowest BCUT2D eigenvalue weighted by Crippen LogP contribution is -2.17. The summed E-state index contributed by atoms with van der Waals surface area (Å²) >= 11 is 5.75. The molecule has 0 radical (unpaired) electrons. The number of benzene rings is 1. The van der Waals surface area contributed by atoms with Gasteiger partial charge in [-0.25, -0.2) is 9.78 Å². The Kier molecular flexibility index (Phi) is 4.90. The Morgan fingerprint density at radius 1 is 1.19 bits per heavy atom. The predicted octanol–water partition coefficient (Wildman–Crippen LogP) is 3.16. The number of ether oxygens (including phenoxy) is 1. The molecule has 2 rings (SSSR count). The fourth-order valence-electron chi connectivity index (χ4n) is 1.70. The van der Waals surface area contributed by atoms with Gasteiger partial charge in [0.05, 0.1) is 17.9 Å². The number of anilines is 1. The zero-order valence-corrected chi connectivity index (χ0v) is 12.1. The van der Waals surface area contributed by atoms with Gasteiger partial charge >= 0.3 is 5.97 Å². The largest absolute Gasteiger partial charge is 0.462 e. The van der Waals surface area contributed by atoms with Crippen LogP contribution in [0.25, 0.3) is 0 Å². The fraction of sp³-hybridized carbons (Fsp3) is 0.133. The van der Waals surface area contributed by atoms with Crippen LogP contribution >= 0.6 is 11.6 Å². The van der Waals surface area contributed by atoms with Gasteiger partial charge in [0.15, 0.2) is 0 Å². The summed E-state index contributed by atoms with van der Waals surface area (Å²) in [4.78, 5) is 27.9. The summed E-state index contributed by atoms with van der Waals surface area (Å²) in [5.74, 6) is -0.943. The van der Waals surface area contributed by atoms with Crippen molar-refractivity contribution in [1.82, 2.24) is 4.98 Å².